The smallest absolute Gasteiger partial charge is 0.0444 e. The minimum absolute atomic E-state index is 0.219. The maximum atomic E-state index is 3.76. The molecule has 0 spiro atoms. The van der Waals surface area contributed by atoms with Crippen LogP contribution >= 0.6 is 0 Å². The molecule has 1 unspecified atom stereocenters. The first-order valence-electron chi connectivity index (χ1n) is 5.08. The molecule has 0 radical (unpaired) electrons. The van der Waals surface area contributed by atoms with Crippen LogP contribution in [0.1, 0.15) is 39.5 Å². The van der Waals surface area contributed by atoms with Crippen molar-refractivity contribution in [3.05, 3.63) is 0 Å². The lowest BCUT2D eigenvalue weighted by atomic mass is 10.1. The molecule has 0 bridgehead atoms. The van der Waals surface area contributed by atoms with Crippen LogP contribution < -0.4 is 5.32 Å². The van der Waals surface area contributed by atoms with E-state index in [1.807, 2.05) is 0 Å². The van der Waals surface area contributed by atoms with Crippen molar-refractivity contribution in [1.82, 2.24) is 5.32 Å². The van der Waals surface area contributed by atoms with Gasteiger partial charge in [-0.2, -0.15) is 0 Å². The Kier molecular flexibility index (Phi) is 3.59. The molecule has 1 heterocycles. The van der Waals surface area contributed by atoms with Crippen molar-refractivity contribution < 1.29 is 0 Å². The van der Waals surface area contributed by atoms with E-state index in [-0.39, 0.29) is 9.52 Å². The van der Waals surface area contributed by atoms with Gasteiger partial charge in [0.05, 0.1) is 0 Å². The van der Waals surface area contributed by atoms with E-state index in [2.05, 4.69) is 19.2 Å². The summed E-state index contributed by atoms with van der Waals surface area (Å²) in [5, 5.41) is 4.43. The maximum absolute atomic E-state index is 3.76. The van der Waals surface area contributed by atoms with Gasteiger partial charge in [0.15, 0.2) is 0 Å². The first-order chi connectivity index (χ1) is 5.33. The van der Waals surface area contributed by atoms with E-state index in [1.54, 1.807) is 6.04 Å². The molecule has 11 heavy (non-hydrogen) atoms. The molecule has 0 saturated carbocycles. The Labute approximate surface area is 72.8 Å². The predicted molar refractivity (Wildman–Crippen MR) is 53.9 cm³/mol. The Hall–Kier alpha value is 0.177. The van der Waals surface area contributed by atoms with Gasteiger partial charge in [0.2, 0.25) is 0 Å². The number of rotatable bonds is 4. The fourth-order valence-corrected chi connectivity index (χ4v) is 4.48. The van der Waals surface area contributed by atoms with Crippen molar-refractivity contribution in [3.63, 3.8) is 0 Å². The largest absolute Gasteiger partial charge is 0.315 e. The molecule has 1 aliphatic heterocycles. The molecule has 0 aliphatic carbocycles. The highest BCUT2D eigenvalue weighted by atomic mass is 28.2. The van der Waals surface area contributed by atoms with Gasteiger partial charge in [-0.1, -0.05) is 26.3 Å². The van der Waals surface area contributed by atoms with Crippen LogP contribution in [0, 0.1) is 0 Å². The van der Waals surface area contributed by atoms with Gasteiger partial charge in [-0.25, -0.2) is 0 Å². The summed E-state index contributed by atoms with van der Waals surface area (Å²) < 4.78 is 0. The third-order valence-corrected chi connectivity index (χ3v) is 5.90. The van der Waals surface area contributed by atoms with Crippen LogP contribution in [-0.4, -0.2) is 21.2 Å². The van der Waals surface area contributed by atoms with E-state index in [1.165, 1.54) is 32.2 Å². The molecule has 0 aromatic carbocycles. The molecule has 1 atom stereocenters. The fraction of sp³-hybridized carbons (Fsp3) is 1.00. The van der Waals surface area contributed by atoms with Crippen molar-refractivity contribution in [2.45, 2.75) is 50.7 Å². The lowest BCUT2D eigenvalue weighted by molar-refractivity contribution is 0.425. The molecule has 1 N–H and O–H groups in total. The zero-order valence-corrected chi connectivity index (χ0v) is 9.36. The molecule has 1 nitrogen and oxygen atoms in total. The predicted octanol–water partition coefficient (Wildman–Crippen LogP) is 1.47. The summed E-state index contributed by atoms with van der Waals surface area (Å²) in [6.07, 6.45) is 5.63. The van der Waals surface area contributed by atoms with Crippen molar-refractivity contribution in [3.8, 4) is 0 Å². The van der Waals surface area contributed by atoms with E-state index >= 15 is 0 Å². The summed E-state index contributed by atoms with van der Waals surface area (Å²) in [4.78, 5) is 0. The molecule has 1 fully saturated rings. The molecular formula is C9H21NSi. The summed E-state index contributed by atoms with van der Waals surface area (Å²) in [5.41, 5.74) is 0. The summed E-state index contributed by atoms with van der Waals surface area (Å²) in [6.45, 7) is 5.84. The SMILES string of the molecule is CCCNC1(CC)CCC[SiH2]1. The summed E-state index contributed by atoms with van der Waals surface area (Å²) >= 11 is 0. The van der Waals surface area contributed by atoms with Gasteiger partial charge in [-0.05, 0) is 25.8 Å². The fourth-order valence-electron chi connectivity index (χ4n) is 2.10. The van der Waals surface area contributed by atoms with Gasteiger partial charge in [-0.3, -0.25) is 0 Å². The number of hydrogen-bond donors (Lipinski definition) is 1. The summed E-state index contributed by atoms with van der Waals surface area (Å²) in [6, 6.07) is 1.57. The molecule has 0 amide bonds. The molecule has 1 saturated heterocycles. The first kappa shape index (κ1) is 9.27. The lowest BCUT2D eigenvalue weighted by Crippen LogP contribution is -2.46. The van der Waals surface area contributed by atoms with Crippen LogP contribution in [0.3, 0.4) is 0 Å². The molecule has 2 heteroatoms. The van der Waals surface area contributed by atoms with Crippen molar-refractivity contribution in [2.75, 3.05) is 6.54 Å². The van der Waals surface area contributed by atoms with Crippen molar-refractivity contribution in [2.24, 2.45) is 0 Å². The first-order valence-corrected chi connectivity index (χ1v) is 6.79. The Morgan fingerprint density at radius 3 is 2.73 bits per heavy atom. The zero-order chi connectivity index (χ0) is 8.16. The second-order valence-corrected chi connectivity index (χ2v) is 6.33. The van der Waals surface area contributed by atoms with E-state index in [0.717, 1.165) is 0 Å². The lowest BCUT2D eigenvalue weighted by Gasteiger charge is -2.28. The normalized spacial score (nSPS) is 33.3. The Balaban J connectivity index is 2.33. The van der Waals surface area contributed by atoms with E-state index in [9.17, 15) is 0 Å². The van der Waals surface area contributed by atoms with Crippen LogP contribution in [0.5, 0.6) is 0 Å². The standard InChI is InChI=1S/C9H21NSi/c1-3-7-10-9(4-2)6-5-8-11-9/h10H,3-8,11H2,1-2H3. The molecular weight excluding hydrogens is 150 g/mol. The Morgan fingerprint density at radius 2 is 2.27 bits per heavy atom. The van der Waals surface area contributed by atoms with Crippen molar-refractivity contribution in [1.29, 1.82) is 0 Å². The maximum Gasteiger partial charge on any atom is 0.0444 e. The second kappa shape index (κ2) is 4.26. The van der Waals surface area contributed by atoms with E-state index in [4.69, 9.17) is 0 Å². The third-order valence-electron chi connectivity index (χ3n) is 2.99. The summed E-state index contributed by atoms with van der Waals surface area (Å²) in [5.74, 6) is 0. The van der Waals surface area contributed by atoms with Gasteiger partial charge < -0.3 is 5.32 Å². The minimum atomic E-state index is 0.219. The van der Waals surface area contributed by atoms with Gasteiger partial charge >= 0.3 is 0 Å². The topological polar surface area (TPSA) is 12.0 Å². The highest BCUT2D eigenvalue weighted by Crippen LogP contribution is 2.25. The van der Waals surface area contributed by atoms with Crippen LogP contribution in [0.25, 0.3) is 0 Å². The highest BCUT2D eigenvalue weighted by Gasteiger charge is 2.30. The second-order valence-electron chi connectivity index (χ2n) is 3.77. The van der Waals surface area contributed by atoms with E-state index < -0.39 is 0 Å². The highest BCUT2D eigenvalue weighted by molar-refractivity contribution is 6.41. The third kappa shape index (κ3) is 2.31. The monoisotopic (exact) mass is 171 g/mol. The summed E-state index contributed by atoms with van der Waals surface area (Å²) in [7, 11) is 0.219. The van der Waals surface area contributed by atoms with Gasteiger partial charge in [0, 0.05) is 14.7 Å². The quantitative estimate of drug-likeness (QED) is 0.632. The van der Waals surface area contributed by atoms with Gasteiger partial charge in [0.25, 0.3) is 0 Å². The Bertz CT molecular complexity index is 108. The van der Waals surface area contributed by atoms with Crippen LogP contribution in [0.4, 0.5) is 0 Å². The Morgan fingerprint density at radius 1 is 1.45 bits per heavy atom. The molecule has 0 aromatic rings. The molecule has 1 aliphatic rings. The average molecular weight is 171 g/mol. The molecule has 1 rings (SSSR count). The van der Waals surface area contributed by atoms with Gasteiger partial charge in [0.1, 0.15) is 0 Å². The molecule has 66 valence electrons. The molecule has 0 aromatic heterocycles. The van der Waals surface area contributed by atoms with Crippen LogP contribution in [0.2, 0.25) is 6.04 Å². The number of nitrogens with one attached hydrogen (secondary N) is 1. The van der Waals surface area contributed by atoms with E-state index in [0.29, 0.717) is 5.16 Å². The number of hydrogen-bond acceptors (Lipinski definition) is 1. The van der Waals surface area contributed by atoms with Crippen molar-refractivity contribution >= 4 is 9.52 Å². The van der Waals surface area contributed by atoms with Gasteiger partial charge in [-0.15, -0.1) is 0 Å². The van der Waals surface area contributed by atoms with Crippen LogP contribution in [0.15, 0.2) is 0 Å². The van der Waals surface area contributed by atoms with Crippen LogP contribution in [-0.2, 0) is 0 Å². The average Bonchev–Trinajstić information content (AvgIpc) is 2.50. The minimum Gasteiger partial charge on any atom is -0.315 e. The zero-order valence-electron chi connectivity index (χ0n) is 7.95.